The van der Waals surface area contributed by atoms with Crippen LogP contribution in [-0.2, 0) is 6.42 Å². The van der Waals surface area contributed by atoms with Crippen molar-refractivity contribution >= 4 is 10.9 Å². The Balaban J connectivity index is 2.15. The van der Waals surface area contributed by atoms with E-state index in [0.29, 0.717) is 6.42 Å². The molecule has 0 unspecified atom stereocenters. The second kappa shape index (κ2) is 4.96. The Morgan fingerprint density at radius 2 is 1.89 bits per heavy atom. The van der Waals surface area contributed by atoms with Gasteiger partial charge in [0.1, 0.15) is 0 Å². The lowest BCUT2D eigenvalue weighted by molar-refractivity contribution is -0.135. The molecule has 0 radical (unpaired) electrons. The highest BCUT2D eigenvalue weighted by Crippen LogP contribution is 2.23. The number of aryl methyl sites for hydroxylation is 2. The van der Waals surface area contributed by atoms with Crippen molar-refractivity contribution in [2.24, 2.45) is 0 Å². The SMILES string of the molecule is Cc1cc(CCCC(F)(F)F)nc2ccccc12. The number of pyridine rings is 1. The molecule has 1 nitrogen and oxygen atoms in total. The zero-order chi connectivity index (χ0) is 13.2. The second-order valence-corrected chi connectivity index (χ2v) is 4.42. The minimum Gasteiger partial charge on any atom is -0.253 e. The van der Waals surface area contributed by atoms with Gasteiger partial charge in [0, 0.05) is 17.5 Å². The smallest absolute Gasteiger partial charge is 0.253 e. The predicted octanol–water partition coefficient (Wildman–Crippen LogP) is 4.43. The third kappa shape index (κ3) is 3.22. The predicted molar refractivity (Wildman–Crippen MR) is 65.5 cm³/mol. The standard InChI is InChI=1S/C14H14F3N/c1-10-9-11(5-4-8-14(15,16)17)18-13-7-3-2-6-12(10)13/h2-3,6-7,9H,4-5,8H2,1H3. The Bertz CT molecular complexity index is 546. The first-order valence-electron chi connectivity index (χ1n) is 5.88. The number of rotatable bonds is 3. The van der Waals surface area contributed by atoms with Gasteiger partial charge in [-0.1, -0.05) is 18.2 Å². The molecule has 0 bridgehead atoms. The minimum atomic E-state index is -4.08. The van der Waals surface area contributed by atoms with Gasteiger partial charge in [-0.05, 0) is 37.5 Å². The molecule has 4 heteroatoms. The van der Waals surface area contributed by atoms with Crippen LogP contribution in [0.1, 0.15) is 24.1 Å². The van der Waals surface area contributed by atoms with E-state index in [-0.39, 0.29) is 6.42 Å². The number of nitrogens with zero attached hydrogens (tertiary/aromatic N) is 1. The van der Waals surface area contributed by atoms with Gasteiger partial charge in [0.05, 0.1) is 5.52 Å². The molecule has 0 N–H and O–H groups in total. The largest absolute Gasteiger partial charge is 0.389 e. The van der Waals surface area contributed by atoms with Crippen LogP contribution < -0.4 is 0 Å². The summed E-state index contributed by atoms with van der Waals surface area (Å²) in [4.78, 5) is 4.39. The van der Waals surface area contributed by atoms with Crippen molar-refractivity contribution in [3.63, 3.8) is 0 Å². The lowest BCUT2D eigenvalue weighted by atomic mass is 10.1. The number of benzene rings is 1. The van der Waals surface area contributed by atoms with Crippen LogP contribution in [0.5, 0.6) is 0 Å². The van der Waals surface area contributed by atoms with Crippen LogP contribution in [0.3, 0.4) is 0 Å². The topological polar surface area (TPSA) is 12.9 Å². The molecule has 0 atom stereocenters. The lowest BCUT2D eigenvalue weighted by Gasteiger charge is -2.08. The Morgan fingerprint density at radius 3 is 2.61 bits per heavy atom. The average molecular weight is 253 g/mol. The second-order valence-electron chi connectivity index (χ2n) is 4.42. The molecule has 0 fully saturated rings. The van der Waals surface area contributed by atoms with E-state index in [4.69, 9.17) is 0 Å². The van der Waals surface area contributed by atoms with Gasteiger partial charge < -0.3 is 0 Å². The van der Waals surface area contributed by atoms with Crippen molar-refractivity contribution in [3.8, 4) is 0 Å². The van der Waals surface area contributed by atoms with Crippen molar-refractivity contribution in [2.45, 2.75) is 32.4 Å². The van der Waals surface area contributed by atoms with Crippen LogP contribution in [0.15, 0.2) is 30.3 Å². The lowest BCUT2D eigenvalue weighted by Crippen LogP contribution is -2.07. The molecule has 2 rings (SSSR count). The molecular formula is C14H14F3N. The number of hydrogen-bond donors (Lipinski definition) is 0. The summed E-state index contributed by atoms with van der Waals surface area (Å²) in [5.74, 6) is 0. The fourth-order valence-electron chi connectivity index (χ4n) is 2.02. The highest BCUT2D eigenvalue weighted by atomic mass is 19.4. The van der Waals surface area contributed by atoms with E-state index in [1.165, 1.54) is 0 Å². The van der Waals surface area contributed by atoms with E-state index >= 15 is 0 Å². The molecule has 96 valence electrons. The van der Waals surface area contributed by atoms with Gasteiger partial charge in [-0.3, -0.25) is 4.98 Å². The van der Waals surface area contributed by atoms with E-state index < -0.39 is 12.6 Å². The van der Waals surface area contributed by atoms with Crippen molar-refractivity contribution in [3.05, 3.63) is 41.6 Å². The molecular weight excluding hydrogens is 239 g/mol. The van der Waals surface area contributed by atoms with Crippen LogP contribution in [0, 0.1) is 6.92 Å². The Labute approximate surface area is 104 Å². The molecule has 0 saturated carbocycles. The number of aromatic nitrogens is 1. The summed E-state index contributed by atoms with van der Waals surface area (Å²) >= 11 is 0. The molecule has 0 aliphatic rings. The van der Waals surface area contributed by atoms with Crippen molar-refractivity contribution in [1.82, 2.24) is 4.98 Å². The van der Waals surface area contributed by atoms with Crippen molar-refractivity contribution < 1.29 is 13.2 Å². The molecule has 0 saturated heterocycles. The van der Waals surface area contributed by atoms with E-state index in [9.17, 15) is 13.2 Å². The van der Waals surface area contributed by atoms with E-state index in [1.807, 2.05) is 37.3 Å². The van der Waals surface area contributed by atoms with Crippen LogP contribution in [0.25, 0.3) is 10.9 Å². The molecule has 2 aromatic rings. The van der Waals surface area contributed by atoms with Crippen molar-refractivity contribution in [1.29, 1.82) is 0 Å². The van der Waals surface area contributed by atoms with E-state index in [1.54, 1.807) is 0 Å². The molecule has 0 amide bonds. The van der Waals surface area contributed by atoms with Gasteiger partial charge in [0.25, 0.3) is 0 Å². The maximum Gasteiger partial charge on any atom is 0.389 e. The first kappa shape index (κ1) is 12.9. The third-order valence-corrected chi connectivity index (χ3v) is 2.87. The number of halogens is 3. The van der Waals surface area contributed by atoms with Gasteiger partial charge in [-0.15, -0.1) is 0 Å². The average Bonchev–Trinajstić information content (AvgIpc) is 2.27. The Morgan fingerprint density at radius 1 is 1.17 bits per heavy atom. The fraction of sp³-hybridized carbons (Fsp3) is 0.357. The van der Waals surface area contributed by atoms with Gasteiger partial charge in [0.2, 0.25) is 0 Å². The zero-order valence-corrected chi connectivity index (χ0v) is 10.1. The normalized spacial score (nSPS) is 12.0. The highest BCUT2D eigenvalue weighted by Gasteiger charge is 2.26. The maximum absolute atomic E-state index is 12.1. The van der Waals surface area contributed by atoms with Crippen molar-refractivity contribution in [2.75, 3.05) is 0 Å². The molecule has 0 spiro atoms. The van der Waals surface area contributed by atoms with Crippen LogP contribution in [0.4, 0.5) is 13.2 Å². The zero-order valence-electron chi connectivity index (χ0n) is 10.1. The summed E-state index contributed by atoms with van der Waals surface area (Å²) in [6.45, 7) is 1.96. The minimum absolute atomic E-state index is 0.0915. The first-order chi connectivity index (χ1) is 8.46. The first-order valence-corrected chi connectivity index (χ1v) is 5.88. The molecule has 1 aromatic heterocycles. The number of hydrogen-bond acceptors (Lipinski definition) is 1. The summed E-state index contributed by atoms with van der Waals surface area (Å²) in [5.41, 5.74) is 2.64. The van der Waals surface area contributed by atoms with Gasteiger partial charge in [-0.25, -0.2) is 0 Å². The fourth-order valence-corrected chi connectivity index (χ4v) is 2.02. The summed E-state index contributed by atoms with van der Waals surface area (Å²) in [6.07, 6.45) is -4.37. The molecule has 1 aromatic carbocycles. The van der Waals surface area contributed by atoms with Crippen LogP contribution in [-0.4, -0.2) is 11.2 Å². The maximum atomic E-state index is 12.1. The van der Waals surface area contributed by atoms with E-state index in [2.05, 4.69) is 4.98 Å². The highest BCUT2D eigenvalue weighted by molar-refractivity contribution is 5.81. The van der Waals surface area contributed by atoms with Gasteiger partial charge in [0.15, 0.2) is 0 Å². The molecule has 1 heterocycles. The molecule has 18 heavy (non-hydrogen) atoms. The summed E-state index contributed by atoms with van der Waals surface area (Å²) < 4.78 is 36.2. The summed E-state index contributed by atoms with van der Waals surface area (Å²) in [5, 5.41) is 1.05. The summed E-state index contributed by atoms with van der Waals surface area (Å²) in [7, 11) is 0. The van der Waals surface area contributed by atoms with Gasteiger partial charge >= 0.3 is 6.18 Å². The Kier molecular flexibility index (Phi) is 3.55. The van der Waals surface area contributed by atoms with Crippen LogP contribution >= 0.6 is 0 Å². The third-order valence-electron chi connectivity index (χ3n) is 2.87. The molecule has 0 aliphatic heterocycles. The summed E-state index contributed by atoms with van der Waals surface area (Å²) in [6, 6.07) is 9.54. The van der Waals surface area contributed by atoms with Gasteiger partial charge in [-0.2, -0.15) is 13.2 Å². The quantitative estimate of drug-likeness (QED) is 0.788. The van der Waals surface area contributed by atoms with E-state index in [0.717, 1.165) is 22.2 Å². The molecule has 0 aliphatic carbocycles. The van der Waals surface area contributed by atoms with Crippen LogP contribution in [0.2, 0.25) is 0 Å². The Hall–Kier alpha value is -1.58. The number of alkyl halides is 3. The number of fused-ring (bicyclic) bond motifs is 1. The monoisotopic (exact) mass is 253 g/mol. The number of para-hydroxylation sites is 1.